The van der Waals surface area contributed by atoms with E-state index in [-0.39, 0.29) is 34.3 Å². The summed E-state index contributed by atoms with van der Waals surface area (Å²) in [4.78, 5) is 38.9. The SMILES string of the molecule is CCCCNC(=O)[C@@H](C)N(Cc1ccc(Cl)cc1)C(=O)CN(c1ccc(OC)cc1)S(=O)(=O)c1ccc(C)c([N+](=O)[O-])c1. The Morgan fingerprint density at radius 1 is 1.07 bits per heavy atom. The van der Waals surface area contributed by atoms with Crippen molar-refractivity contribution in [3.63, 3.8) is 0 Å². The van der Waals surface area contributed by atoms with Gasteiger partial charge in [0.2, 0.25) is 11.8 Å². The number of hydrogen-bond donors (Lipinski definition) is 1. The van der Waals surface area contributed by atoms with Crippen molar-refractivity contribution in [2.75, 3.05) is 24.5 Å². The molecule has 11 nitrogen and oxygen atoms in total. The molecule has 230 valence electrons. The van der Waals surface area contributed by atoms with Gasteiger partial charge in [-0.05, 0) is 68.3 Å². The monoisotopic (exact) mass is 630 g/mol. The lowest BCUT2D eigenvalue weighted by Gasteiger charge is -2.32. The molecule has 3 aromatic rings. The van der Waals surface area contributed by atoms with Gasteiger partial charge in [-0.3, -0.25) is 24.0 Å². The van der Waals surface area contributed by atoms with E-state index < -0.39 is 33.4 Å². The molecule has 0 aliphatic heterocycles. The van der Waals surface area contributed by atoms with E-state index >= 15 is 0 Å². The summed E-state index contributed by atoms with van der Waals surface area (Å²) in [7, 11) is -3.04. The number of anilines is 1. The molecule has 0 heterocycles. The van der Waals surface area contributed by atoms with Crippen LogP contribution in [0.15, 0.2) is 71.6 Å². The number of nitrogens with one attached hydrogen (secondary N) is 1. The Labute approximate surface area is 256 Å². The minimum Gasteiger partial charge on any atom is -0.497 e. The fraction of sp³-hybridized carbons (Fsp3) is 0.333. The highest BCUT2D eigenvalue weighted by Gasteiger charge is 2.33. The number of sulfonamides is 1. The van der Waals surface area contributed by atoms with Crippen molar-refractivity contribution in [2.24, 2.45) is 0 Å². The van der Waals surface area contributed by atoms with Crippen molar-refractivity contribution in [1.29, 1.82) is 0 Å². The van der Waals surface area contributed by atoms with E-state index in [2.05, 4.69) is 5.32 Å². The summed E-state index contributed by atoms with van der Waals surface area (Å²) in [6.45, 7) is 4.82. The number of amides is 2. The quantitative estimate of drug-likeness (QED) is 0.149. The number of carbonyl (C=O) groups is 2. The fourth-order valence-corrected chi connectivity index (χ4v) is 5.82. The van der Waals surface area contributed by atoms with Crippen molar-refractivity contribution >= 4 is 44.8 Å². The number of carbonyl (C=O) groups excluding carboxylic acids is 2. The Morgan fingerprint density at radius 3 is 2.30 bits per heavy atom. The number of nitro benzene ring substituents is 1. The summed E-state index contributed by atoms with van der Waals surface area (Å²) in [6.07, 6.45) is 1.63. The highest BCUT2D eigenvalue weighted by atomic mass is 35.5. The third-order valence-electron chi connectivity index (χ3n) is 6.87. The molecule has 1 N–H and O–H groups in total. The highest BCUT2D eigenvalue weighted by molar-refractivity contribution is 7.92. The van der Waals surface area contributed by atoms with Crippen LogP contribution in [0.2, 0.25) is 5.02 Å². The fourth-order valence-electron chi connectivity index (χ4n) is 4.26. The van der Waals surface area contributed by atoms with Crippen LogP contribution in [0.3, 0.4) is 0 Å². The normalized spacial score (nSPS) is 11.8. The summed E-state index contributed by atoms with van der Waals surface area (Å²) < 4.78 is 34.1. The molecule has 0 saturated carbocycles. The maximum Gasteiger partial charge on any atom is 0.273 e. The summed E-state index contributed by atoms with van der Waals surface area (Å²) >= 11 is 6.03. The zero-order chi connectivity index (χ0) is 31.7. The van der Waals surface area contributed by atoms with Crippen LogP contribution in [0.5, 0.6) is 5.75 Å². The molecule has 43 heavy (non-hydrogen) atoms. The Bertz CT molecular complexity index is 1550. The van der Waals surface area contributed by atoms with Gasteiger partial charge in [0.05, 0.1) is 22.6 Å². The molecular weight excluding hydrogens is 596 g/mol. The van der Waals surface area contributed by atoms with E-state index in [1.165, 1.54) is 55.3 Å². The summed E-state index contributed by atoms with van der Waals surface area (Å²) in [5.74, 6) is -0.585. The summed E-state index contributed by atoms with van der Waals surface area (Å²) in [6, 6.07) is 15.4. The van der Waals surface area contributed by atoms with Gasteiger partial charge in [0.25, 0.3) is 15.7 Å². The van der Waals surface area contributed by atoms with Crippen molar-refractivity contribution < 1.29 is 27.7 Å². The molecule has 0 aliphatic rings. The largest absolute Gasteiger partial charge is 0.497 e. The van der Waals surface area contributed by atoms with Crippen LogP contribution in [0.25, 0.3) is 0 Å². The topological polar surface area (TPSA) is 139 Å². The average Bonchev–Trinajstić information content (AvgIpc) is 2.99. The molecule has 0 bridgehead atoms. The number of nitro groups is 1. The zero-order valence-electron chi connectivity index (χ0n) is 24.4. The summed E-state index contributed by atoms with van der Waals surface area (Å²) in [5.41, 5.74) is 0.722. The molecule has 0 fully saturated rings. The molecule has 0 spiro atoms. The molecule has 3 aromatic carbocycles. The van der Waals surface area contributed by atoms with Crippen molar-refractivity contribution in [3.05, 3.63) is 93.0 Å². The Kier molecular flexibility index (Phi) is 11.5. The van der Waals surface area contributed by atoms with Gasteiger partial charge in [-0.25, -0.2) is 8.42 Å². The average molecular weight is 631 g/mol. The molecule has 2 amide bonds. The molecule has 13 heteroatoms. The maximum absolute atomic E-state index is 14.0. The predicted octanol–water partition coefficient (Wildman–Crippen LogP) is 5.09. The molecule has 0 aliphatic carbocycles. The second-order valence-electron chi connectivity index (χ2n) is 9.88. The van der Waals surface area contributed by atoms with Crippen molar-refractivity contribution in [1.82, 2.24) is 10.2 Å². The Morgan fingerprint density at radius 2 is 1.72 bits per heavy atom. The van der Waals surface area contributed by atoms with E-state index in [1.807, 2.05) is 6.92 Å². The van der Waals surface area contributed by atoms with Crippen LogP contribution in [0.4, 0.5) is 11.4 Å². The Balaban J connectivity index is 2.06. The van der Waals surface area contributed by atoms with E-state index in [1.54, 1.807) is 31.2 Å². The van der Waals surface area contributed by atoms with Crippen LogP contribution in [0, 0.1) is 17.0 Å². The van der Waals surface area contributed by atoms with Gasteiger partial charge in [0, 0.05) is 29.7 Å². The van der Waals surface area contributed by atoms with Crippen LogP contribution in [-0.4, -0.2) is 56.3 Å². The molecule has 0 saturated heterocycles. The van der Waals surface area contributed by atoms with E-state index in [0.29, 0.717) is 22.9 Å². The van der Waals surface area contributed by atoms with Crippen molar-refractivity contribution in [2.45, 2.75) is 51.1 Å². The third kappa shape index (κ3) is 8.45. The van der Waals surface area contributed by atoms with E-state index in [4.69, 9.17) is 16.3 Å². The second kappa shape index (κ2) is 14.8. The number of unbranched alkanes of at least 4 members (excludes halogenated alkanes) is 1. The maximum atomic E-state index is 14.0. The molecule has 1 atom stereocenters. The molecule has 3 rings (SSSR count). The van der Waals surface area contributed by atoms with Crippen LogP contribution < -0.4 is 14.4 Å². The summed E-state index contributed by atoms with van der Waals surface area (Å²) in [5, 5.41) is 14.9. The van der Waals surface area contributed by atoms with Crippen LogP contribution >= 0.6 is 11.6 Å². The molecule has 0 unspecified atom stereocenters. The first-order chi connectivity index (χ1) is 20.4. The first-order valence-electron chi connectivity index (χ1n) is 13.6. The minimum absolute atomic E-state index is 0.00483. The van der Waals surface area contributed by atoms with Crippen LogP contribution in [-0.2, 0) is 26.2 Å². The van der Waals surface area contributed by atoms with Crippen molar-refractivity contribution in [3.8, 4) is 5.75 Å². The number of benzene rings is 3. The first-order valence-corrected chi connectivity index (χ1v) is 15.4. The number of hydrogen-bond acceptors (Lipinski definition) is 7. The van der Waals surface area contributed by atoms with Gasteiger partial charge < -0.3 is 15.0 Å². The zero-order valence-corrected chi connectivity index (χ0v) is 26.0. The lowest BCUT2D eigenvalue weighted by Crippen LogP contribution is -2.51. The minimum atomic E-state index is -4.49. The second-order valence-corrected chi connectivity index (χ2v) is 12.2. The Hall–Kier alpha value is -4.16. The van der Waals surface area contributed by atoms with Gasteiger partial charge in [-0.1, -0.05) is 43.1 Å². The number of rotatable bonds is 14. The van der Waals surface area contributed by atoms with Gasteiger partial charge in [0.1, 0.15) is 18.3 Å². The number of methoxy groups -OCH3 is 1. The molecule has 0 radical (unpaired) electrons. The van der Waals surface area contributed by atoms with Gasteiger partial charge in [0.15, 0.2) is 0 Å². The third-order valence-corrected chi connectivity index (χ3v) is 8.89. The lowest BCUT2D eigenvalue weighted by atomic mass is 10.1. The molecular formula is C30H35ClN4O7S. The smallest absolute Gasteiger partial charge is 0.273 e. The number of halogens is 1. The lowest BCUT2D eigenvalue weighted by molar-refractivity contribution is -0.385. The number of aryl methyl sites for hydroxylation is 1. The van der Waals surface area contributed by atoms with E-state index in [0.717, 1.165) is 23.2 Å². The van der Waals surface area contributed by atoms with Gasteiger partial charge >= 0.3 is 0 Å². The van der Waals surface area contributed by atoms with E-state index in [9.17, 15) is 28.1 Å². The van der Waals surface area contributed by atoms with Gasteiger partial charge in [-0.15, -0.1) is 0 Å². The highest BCUT2D eigenvalue weighted by Crippen LogP contribution is 2.29. The predicted molar refractivity (Wildman–Crippen MR) is 165 cm³/mol. The molecule has 0 aromatic heterocycles. The number of ether oxygens (including phenoxy) is 1. The van der Waals surface area contributed by atoms with Crippen LogP contribution in [0.1, 0.15) is 37.8 Å². The standard InChI is InChI=1S/C30H35ClN4O7S/c1-5-6-17-32-30(37)22(3)33(19-23-8-10-24(31)11-9-23)29(36)20-34(25-12-14-26(42-4)15-13-25)43(40,41)27-16-7-21(2)28(18-27)35(38)39/h7-16,18,22H,5-6,17,19-20H2,1-4H3,(H,32,37)/t22-/m1/s1. The van der Waals surface area contributed by atoms with Gasteiger partial charge in [-0.2, -0.15) is 0 Å². The first kappa shape index (κ1) is 33.3. The number of nitrogens with zero attached hydrogens (tertiary/aromatic N) is 3.